The molecule has 0 aromatic heterocycles. The quantitative estimate of drug-likeness (QED) is 0.719. The molecule has 0 bridgehead atoms. The number of carbonyl (C=O) groups is 1. The normalized spacial score (nSPS) is 13.0. The Morgan fingerprint density at radius 3 is 3.00 bits per heavy atom. The van der Waals surface area contributed by atoms with Crippen molar-refractivity contribution in [3.05, 3.63) is 34.9 Å². The predicted octanol–water partition coefficient (Wildman–Crippen LogP) is 1.54. The van der Waals surface area contributed by atoms with Crippen LogP contribution in [-0.4, -0.2) is 12.5 Å². The zero-order valence-electron chi connectivity index (χ0n) is 8.55. The summed E-state index contributed by atoms with van der Waals surface area (Å²) in [5.74, 6) is 2.31. The molecule has 2 nitrogen and oxygen atoms in total. The fourth-order valence-electron chi connectivity index (χ4n) is 1.95. The first kappa shape index (κ1) is 9.79. The van der Waals surface area contributed by atoms with Crippen molar-refractivity contribution in [1.82, 2.24) is 5.32 Å². The van der Waals surface area contributed by atoms with Gasteiger partial charge in [0.15, 0.2) is 0 Å². The Bertz CT molecular complexity index is 429. The van der Waals surface area contributed by atoms with Crippen molar-refractivity contribution in [3.63, 3.8) is 0 Å². The van der Waals surface area contributed by atoms with E-state index >= 15 is 0 Å². The van der Waals surface area contributed by atoms with Gasteiger partial charge in [-0.1, -0.05) is 12.0 Å². The Labute approximate surface area is 89.7 Å². The summed E-state index contributed by atoms with van der Waals surface area (Å²) in [5.41, 5.74) is 3.40. The molecule has 2 rings (SSSR count). The Morgan fingerprint density at radius 1 is 1.40 bits per heavy atom. The van der Waals surface area contributed by atoms with Gasteiger partial charge < -0.3 is 5.32 Å². The zero-order chi connectivity index (χ0) is 10.7. The number of nitrogens with one attached hydrogen (secondary N) is 1. The van der Waals surface area contributed by atoms with Crippen molar-refractivity contribution in [3.8, 4) is 12.3 Å². The highest BCUT2D eigenvalue weighted by Crippen LogP contribution is 2.22. The second-order valence-corrected chi connectivity index (χ2v) is 3.72. The highest BCUT2D eigenvalue weighted by atomic mass is 16.1. The topological polar surface area (TPSA) is 29.1 Å². The molecule has 0 saturated carbocycles. The van der Waals surface area contributed by atoms with Gasteiger partial charge in [-0.25, -0.2) is 0 Å². The number of hydrogen-bond donors (Lipinski definition) is 1. The lowest BCUT2D eigenvalue weighted by molar-refractivity contribution is 0.0958. The Hall–Kier alpha value is -1.75. The van der Waals surface area contributed by atoms with Gasteiger partial charge in [-0.05, 0) is 42.5 Å². The standard InChI is InChI=1S/C13H13NO/c1-2-8-14-13(15)12-7-6-10-4-3-5-11(10)9-12/h1,6-7,9H,3-5,8H2,(H,14,15). The van der Waals surface area contributed by atoms with Crippen LogP contribution < -0.4 is 5.32 Å². The van der Waals surface area contributed by atoms with Crippen molar-refractivity contribution in [2.75, 3.05) is 6.54 Å². The van der Waals surface area contributed by atoms with E-state index in [0.29, 0.717) is 5.56 Å². The summed E-state index contributed by atoms with van der Waals surface area (Å²) in [6, 6.07) is 5.90. The van der Waals surface area contributed by atoms with E-state index in [2.05, 4.69) is 11.2 Å². The van der Waals surface area contributed by atoms with E-state index in [1.54, 1.807) is 0 Å². The number of aryl methyl sites for hydroxylation is 2. The van der Waals surface area contributed by atoms with Crippen LogP contribution in [-0.2, 0) is 12.8 Å². The number of amides is 1. The van der Waals surface area contributed by atoms with Gasteiger partial charge >= 0.3 is 0 Å². The molecule has 0 aliphatic heterocycles. The van der Waals surface area contributed by atoms with Crippen LogP contribution in [0.15, 0.2) is 18.2 Å². The Kier molecular flexibility index (Phi) is 2.73. The van der Waals surface area contributed by atoms with E-state index in [9.17, 15) is 4.79 Å². The maximum atomic E-state index is 11.6. The first-order valence-corrected chi connectivity index (χ1v) is 5.15. The number of fused-ring (bicyclic) bond motifs is 1. The maximum Gasteiger partial charge on any atom is 0.252 e. The van der Waals surface area contributed by atoms with E-state index in [-0.39, 0.29) is 12.5 Å². The number of hydrogen-bond acceptors (Lipinski definition) is 1. The summed E-state index contributed by atoms with van der Waals surface area (Å²) in [5, 5.41) is 2.66. The monoisotopic (exact) mass is 199 g/mol. The smallest absolute Gasteiger partial charge is 0.252 e. The molecule has 1 aliphatic rings. The Balaban J connectivity index is 2.16. The van der Waals surface area contributed by atoms with Gasteiger partial charge in [-0.15, -0.1) is 6.42 Å². The highest BCUT2D eigenvalue weighted by molar-refractivity contribution is 5.94. The zero-order valence-corrected chi connectivity index (χ0v) is 8.55. The summed E-state index contributed by atoms with van der Waals surface area (Å²) in [6.45, 7) is 0.288. The fraction of sp³-hybridized carbons (Fsp3) is 0.308. The third kappa shape index (κ3) is 2.02. The molecule has 1 aromatic rings. The molecular formula is C13H13NO. The van der Waals surface area contributed by atoms with Crippen LogP contribution in [0, 0.1) is 12.3 Å². The third-order valence-corrected chi connectivity index (χ3v) is 2.71. The minimum absolute atomic E-state index is 0.0809. The number of rotatable bonds is 2. The average molecular weight is 199 g/mol. The van der Waals surface area contributed by atoms with E-state index < -0.39 is 0 Å². The van der Waals surface area contributed by atoms with Crippen molar-refractivity contribution in [1.29, 1.82) is 0 Å². The van der Waals surface area contributed by atoms with Crippen molar-refractivity contribution in [2.24, 2.45) is 0 Å². The molecular weight excluding hydrogens is 186 g/mol. The average Bonchev–Trinajstić information content (AvgIpc) is 2.72. The molecule has 0 atom stereocenters. The van der Waals surface area contributed by atoms with Gasteiger partial charge in [0.25, 0.3) is 5.91 Å². The molecule has 1 amide bonds. The molecule has 15 heavy (non-hydrogen) atoms. The number of carbonyl (C=O) groups excluding carboxylic acids is 1. The number of terminal acetylenes is 1. The van der Waals surface area contributed by atoms with Gasteiger partial charge in [-0.2, -0.15) is 0 Å². The van der Waals surface area contributed by atoms with E-state index in [1.165, 1.54) is 17.5 Å². The lowest BCUT2D eigenvalue weighted by Crippen LogP contribution is -2.23. The minimum Gasteiger partial charge on any atom is -0.341 e. The van der Waals surface area contributed by atoms with Crippen molar-refractivity contribution < 1.29 is 4.79 Å². The summed E-state index contributed by atoms with van der Waals surface area (Å²) in [7, 11) is 0. The van der Waals surface area contributed by atoms with Crippen molar-refractivity contribution >= 4 is 5.91 Å². The van der Waals surface area contributed by atoms with Gasteiger partial charge in [0.05, 0.1) is 6.54 Å². The number of benzene rings is 1. The molecule has 76 valence electrons. The molecule has 0 radical (unpaired) electrons. The summed E-state index contributed by atoms with van der Waals surface area (Å²) in [6.07, 6.45) is 8.51. The van der Waals surface area contributed by atoms with Crippen LogP contribution in [0.4, 0.5) is 0 Å². The lowest BCUT2D eigenvalue weighted by atomic mass is 10.1. The summed E-state index contributed by atoms with van der Waals surface area (Å²) in [4.78, 5) is 11.6. The van der Waals surface area contributed by atoms with Gasteiger partial charge in [0.2, 0.25) is 0 Å². The summed E-state index contributed by atoms with van der Waals surface area (Å²) < 4.78 is 0. The molecule has 1 aliphatic carbocycles. The molecule has 0 saturated heterocycles. The molecule has 0 spiro atoms. The SMILES string of the molecule is C#CCNC(=O)c1ccc2c(c1)CCC2. The van der Waals surface area contributed by atoms with Crippen LogP contribution in [0.25, 0.3) is 0 Å². The molecule has 0 heterocycles. The molecule has 1 aromatic carbocycles. The molecule has 0 unspecified atom stereocenters. The second-order valence-electron chi connectivity index (χ2n) is 3.72. The van der Waals surface area contributed by atoms with E-state index in [0.717, 1.165) is 12.8 Å². The first-order valence-electron chi connectivity index (χ1n) is 5.15. The maximum absolute atomic E-state index is 11.6. The van der Waals surface area contributed by atoms with E-state index in [4.69, 9.17) is 6.42 Å². The van der Waals surface area contributed by atoms with E-state index in [1.807, 2.05) is 18.2 Å². The van der Waals surface area contributed by atoms with Gasteiger partial charge in [0.1, 0.15) is 0 Å². The van der Waals surface area contributed by atoms with Crippen LogP contribution in [0.1, 0.15) is 27.9 Å². The molecule has 0 fully saturated rings. The predicted molar refractivity (Wildman–Crippen MR) is 59.6 cm³/mol. The third-order valence-electron chi connectivity index (χ3n) is 2.71. The molecule has 2 heteroatoms. The Morgan fingerprint density at radius 2 is 2.20 bits per heavy atom. The van der Waals surface area contributed by atoms with Gasteiger partial charge in [-0.3, -0.25) is 4.79 Å². The van der Waals surface area contributed by atoms with Crippen molar-refractivity contribution in [2.45, 2.75) is 19.3 Å². The van der Waals surface area contributed by atoms with Crippen LogP contribution in [0.2, 0.25) is 0 Å². The highest BCUT2D eigenvalue weighted by Gasteiger charge is 2.13. The summed E-state index contributed by atoms with van der Waals surface area (Å²) >= 11 is 0. The molecule has 1 N–H and O–H groups in total. The van der Waals surface area contributed by atoms with Crippen LogP contribution >= 0.6 is 0 Å². The first-order chi connectivity index (χ1) is 7.31. The van der Waals surface area contributed by atoms with Crippen LogP contribution in [0.5, 0.6) is 0 Å². The minimum atomic E-state index is -0.0809. The lowest BCUT2D eigenvalue weighted by Gasteiger charge is -2.04. The second kappa shape index (κ2) is 4.18. The largest absolute Gasteiger partial charge is 0.341 e. The van der Waals surface area contributed by atoms with Gasteiger partial charge in [0, 0.05) is 5.56 Å². The fourth-order valence-corrected chi connectivity index (χ4v) is 1.95. The van der Waals surface area contributed by atoms with Crippen LogP contribution in [0.3, 0.4) is 0 Å².